The van der Waals surface area contributed by atoms with Crippen molar-refractivity contribution in [2.45, 2.75) is 4.90 Å². The molecular weight excluding hydrogens is 695 g/mol. The molecule has 0 aromatic heterocycles. The third-order valence-electron chi connectivity index (χ3n) is 10.9. The fourth-order valence-corrected chi connectivity index (χ4v) is 8.51. The molecule has 0 aliphatic rings. The van der Waals surface area contributed by atoms with Crippen molar-refractivity contribution in [1.29, 1.82) is 0 Å². The SMILES string of the molecule is Sc1ccc(N(c2ccc(-c3ccccc3)cc2)c2ccc3c(c2)c2ccccc2c2c(-c4ccccc4)cc(-c4ccccc4)c(-c4ccccc4)c32)cc1. The Bertz CT molecular complexity index is 2980. The van der Waals surface area contributed by atoms with Crippen molar-refractivity contribution >= 4 is 62.0 Å². The lowest BCUT2D eigenvalue weighted by Gasteiger charge is -2.27. The molecule has 0 spiro atoms. The molecule has 2 heteroatoms. The molecule has 10 aromatic rings. The van der Waals surface area contributed by atoms with Crippen LogP contribution in [0, 0.1) is 0 Å². The quantitative estimate of drug-likeness (QED) is 0.126. The number of fused-ring (bicyclic) bond motifs is 6. The van der Waals surface area contributed by atoms with Gasteiger partial charge in [0.15, 0.2) is 0 Å². The Morgan fingerprint density at radius 2 is 0.732 bits per heavy atom. The van der Waals surface area contributed by atoms with Gasteiger partial charge in [0.25, 0.3) is 0 Å². The Labute approximate surface area is 333 Å². The van der Waals surface area contributed by atoms with Crippen LogP contribution in [0.4, 0.5) is 17.1 Å². The van der Waals surface area contributed by atoms with Gasteiger partial charge in [-0.05, 0) is 131 Å². The third kappa shape index (κ3) is 6.01. The third-order valence-corrected chi connectivity index (χ3v) is 11.2. The van der Waals surface area contributed by atoms with Crippen molar-refractivity contribution in [2.75, 3.05) is 4.90 Å². The molecule has 0 saturated carbocycles. The maximum atomic E-state index is 4.64. The van der Waals surface area contributed by atoms with E-state index in [-0.39, 0.29) is 0 Å². The molecule has 264 valence electrons. The van der Waals surface area contributed by atoms with Crippen LogP contribution in [0.5, 0.6) is 0 Å². The predicted molar refractivity (Wildman–Crippen MR) is 243 cm³/mol. The van der Waals surface area contributed by atoms with E-state index in [2.05, 4.69) is 236 Å². The molecule has 0 unspecified atom stereocenters. The number of hydrogen-bond acceptors (Lipinski definition) is 2. The van der Waals surface area contributed by atoms with Crippen LogP contribution in [0.15, 0.2) is 223 Å². The minimum Gasteiger partial charge on any atom is -0.310 e. The number of rotatable bonds is 7. The first kappa shape index (κ1) is 33.7. The van der Waals surface area contributed by atoms with Gasteiger partial charge in [0.05, 0.1) is 0 Å². The molecule has 0 atom stereocenters. The summed E-state index contributed by atoms with van der Waals surface area (Å²) in [6.07, 6.45) is 0. The zero-order valence-electron chi connectivity index (χ0n) is 30.7. The predicted octanol–water partition coefficient (Wildman–Crippen LogP) is 15.6. The molecule has 0 saturated heterocycles. The Morgan fingerprint density at radius 3 is 1.34 bits per heavy atom. The standard InChI is InChI=1S/C54H37NS/c56-45-32-29-43(30-33-45)55(42-27-25-38(26-28-42)37-15-5-1-6-16-37)44-31-34-48-51(35-44)46-23-13-14-24-47(46)53-50(40-19-9-3-10-20-40)36-49(39-17-7-2-8-18-39)52(54(48)53)41-21-11-4-12-22-41/h1-36,56H. The summed E-state index contributed by atoms with van der Waals surface area (Å²) in [6, 6.07) is 78.9. The zero-order valence-corrected chi connectivity index (χ0v) is 31.6. The van der Waals surface area contributed by atoms with Gasteiger partial charge in [-0.3, -0.25) is 0 Å². The molecular formula is C54H37NS. The highest BCUT2D eigenvalue weighted by Crippen LogP contribution is 2.50. The summed E-state index contributed by atoms with van der Waals surface area (Å²) < 4.78 is 0. The topological polar surface area (TPSA) is 3.24 Å². The maximum absolute atomic E-state index is 4.64. The Hall–Kier alpha value is -6.87. The lowest BCUT2D eigenvalue weighted by Crippen LogP contribution is -2.10. The van der Waals surface area contributed by atoms with E-state index >= 15 is 0 Å². The second kappa shape index (κ2) is 14.4. The van der Waals surface area contributed by atoms with Gasteiger partial charge in [-0.25, -0.2) is 0 Å². The molecule has 0 radical (unpaired) electrons. The first-order chi connectivity index (χ1) is 27.7. The summed E-state index contributed by atoms with van der Waals surface area (Å²) in [5, 5.41) is 7.43. The maximum Gasteiger partial charge on any atom is 0.0468 e. The molecule has 1 nitrogen and oxygen atoms in total. The molecule has 10 rings (SSSR count). The lowest BCUT2D eigenvalue weighted by atomic mass is 9.81. The van der Waals surface area contributed by atoms with Gasteiger partial charge in [-0.2, -0.15) is 0 Å². The second-order valence-corrected chi connectivity index (χ2v) is 14.8. The molecule has 0 bridgehead atoms. The molecule has 0 amide bonds. The molecule has 0 aliphatic heterocycles. The van der Waals surface area contributed by atoms with E-state index in [9.17, 15) is 0 Å². The van der Waals surface area contributed by atoms with Crippen molar-refractivity contribution in [3.8, 4) is 44.5 Å². The van der Waals surface area contributed by atoms with Crippen LogP contribution in [-0.4, -0.2) is 0 Å². The van der Waals surface area contributed by atoms with Gasteiger partial charge in [0.1, 0.15) is 0 Å². The van der Waals surface area contributed by atoms with Gasteiger partial charge < -0.3 is 4.90 Å². The van der Waals surface area contributed by atoms with Crippen molar-refractivity contribution in [3.05, 3.63) is 218 Å². The highest BCUT2D eigenvalue weighted by atomic mass is 32.1. The van der Waals surface area contributed by atoms with Crippen LogP contribution >= 0.6 is 12.6 Å². The van der Waals surface area contributed by atoms with Gasteiger partial charge in [0, 0.05) is 22.0 Å². The first-order valence-corrected chi connectivity index (χ1v) is 19.5. The van der Waals surface area contributed by atoms with Crippen molar-refractivity contribution < 1.29 is 0 Å². The molecule has 0 fully saturated rings. The number of anilines is 3. The largest absolute Gasteiger partial charge is 0.310 e. The van der Waals surface area contributed by atoms with E-state index in [1.165, 1.54) is 76.8 Å². The van der Waals surface area contributed by atoms with E-state index in [0.717, 1.165) is 22.0 Å². The fraction of sp³-hybridized carbons (Fsp3) is 0. The summed E-state index contributed by atoms with van der Waals surface area (Å²) >= 11 is 4.64. The van der Waals surface area contributed by atoms with Gasteiger partial charge >= 0.3 is 0 Å². The van der Waals surface area contributed by atoms with Crippen molar-refractivity contribution in [3.63, 3.8) is 0 Å². The molecule has 0 heterocycles. The summed E-state index contributed by atoms with van der Waals surface area (Å²) in [5.74, 6) is 0. The van der Waals surface area contributed by atoms with Crippen molar-refractivity contribution in [2.24, 2.45) is 0 Å². The minimum absolute atomic E-state index is 0.931. The minimum atomic E-state index is 0.931. The average molecular weight is 732 g/mol. The summed E-state index contributed by atoms with van der Waals surface area (Å²) in [4.78, 5) is 3.29. The zero-order chi connectivity index (χ0) is 37.4. The van der Waals surface area contributed by atoms with Crippen LogP contribution in [0.1, 0.15) is 0 Å². The van der Waals surface area contributed by atoms with Gasteiger partial charge in [-0.1, -0.05) is 164 Å². The summed E-state index contributed by atoms with van der Waals surface area (Å²) in [5.41, 5.74) is 12.9. The van der Waals surface area contributed by atoms with E-state index in [4.69, 9.17) is 0 Å². The first-order valence-electron chi connectivity index (χ1n) is 19.1. The number of thiol groups is 1. The molecule has 0 aliphatic carbocycles. The average Bonchev–Trinajstić information content (AvgIpc) is 3.28. The van der Waals surface area contributed by atoms with E-state index in [1.807, 2.05) is 0 Å². The Balaban J connectivity index is 1.30. The molecule has 10 aromatic carbocycles. The smallest absolute Gasteiger partial charge is 0.0468 e. The number of hydrogen-bond donors (Lipinski definition) is 1. The van der Waals surface area contributed by atoms with Gasteiger partial charge in [-0.15, -0.1) is 12.6 Å². The lowest BCUT2D eigenvalue weighted by molar-refractivity contribution is 1.28. The van der Waals surface area contributed by atoms with Crippen LogP contribution in [0.25, 0.3) is 76.8 Å². The van der Waals surface area contributed by atoms with Crippen LogP contribution in [0.2, 0.25) is 0 Å². The molecule has 0 N–H and O–H groups in total. The fourth-order valence-electron chi connectivity index (χ4n) is 8.36. The van der Waals surface area contributed by atoms with Crippen LogP contribution < -0.4 is 4.90 Å². The highest BCUT2D eigenvalue weighted by molar-refractivity contribution is 7.80. The monoisotopic (exact) mass is 731 g/mol. The summed E-state index contributed by atoms with van der Waals surface area (Å²) in [6.45, 7) is 0. The Morgan fingerprint density at radius 1 is 0.286 bits per heavy atom. The summed E-state index contributed by atoms with van der Waals surface area (Å²) in [7, 11) is 0. The van der Waals surface area contributed by atoms with Crippen LogP contribution in [0.3, 0.4) is 0 Å². The van der Waals surface area contributed by atoms with E-state index in [1.54, 1.807) is 0 Å². The van der Waals surface area contributed by atoms with E-state index < -0.39 is 0 Å². The van der Waals surface area contributed by atoms with Crippen LogP contribution in [-0.2, 0) is 0 Å². The van der Waals surface area contributed by atoms with Crippen molar-refractivity contribution in [1.82, 2.24) is 0 Å². The highest BCUT2D eigenvalue weighted by Gasteiger charge is 2.23. The van der Waals surface area contributed by atoms with Gasteiger partial charge in [0.2, 0.25) is 0 Å². The van der Waals surface area contributed by atoms with E-state index in [0.29, 0.717) is 0 Å². The number of benzene rings is 10. The Kier molecular flexibility index (Phi) is 8.67. The molecule has 56 heavy (non-hydrogen) atoms. The second-order valence-electron chi connectivity index (χ2n) is 14.2. The number of nitrogens with zero attached hydrogens (tertiary/aromatic N) is 1. The normalized spacial score (nSPS) is 11.3.